The van der Waals surface area contributed by atoms with Crippen LogP contribution < -0.4 is 10.1 Å². The van der Waals surface area contributed by atoms with E-state index in [1.165, 1.54) is 19.3 Å². The predicted molar refractivity (Wildman–Crippen MR) is 104 cm³/mol. The SMILES string of the molecule is CCOP(=O)(CC1CCCCC1)C[C@@H](O)CNCc1ccc(OC)nc1. The van der Waals surface area contributed by atoms with E-state index in [2.05, 4.69) is 10.3 Å². The molecule has 2 atom stereocenters. The largest absolute Gasteiger partial charge is 0.481 e. The molecule has 1 unspecified atom stereocenters. The van der Waals surface area contributed by atoms with Crippen LogP contribution in [-0.2, 0) is 15.6 Å². The van der Waals surface area contributed by atoms with Crippen molar-refractivity contribution in [3.8, 4) is 5.88 Å². The maximum absolute atomic E-state index is 13.2. The molecule has 0 aromatic carbocycles. The van der Waals surface area contributed by atoms with Crippen LogP contribution in [0.3, 0.4) is 0 Å². The van der Waals surface area contributed by atoms with Crippen LogP contribution in [0, 0.1) is 5.92 Å². The second-order valence-electron chi connectivity index (χ2n) is 7.10. The van der Waals surface area contributed by atoms with E-state index < -0.39 is 13.5 Å². The van der Waals surface area contributed by atoms with Crippen LogP contribution in [0.4, 0.5) is 0 Å². The Morgan fingerprint density at radius 1 is 1.35 bits per heavy atom. The molecule has 148 valence electrons. The molecule has 0 bridgehead atoms. The third-order valence-electron chi connectivity index (χ3n) is 4.83. The summed E-state index contributed by atoms with van der Waals surface area (Å²) in [6.07, 6.45) is 7.89. The number of rotatable bonds is 11. The highest BCUT2D eigenvalue weighted by Gasteiger charge is 2.30. The molecule has 0 amide bonds. The Kier molecular flexibility index (Phi) is 9.06. The van der Waals surface area contributed by atoms with E-state index in [0.717, 1.165) is 18.4 Å². The maximum atomic E-state index is 13.2. The Labute approximate surface area is 157 Å². The Morgan fingerprint density at radius 3 is 2.73 bits per heavy atom. The molecule has 6 nitrogen and oxygen atoms in total. The van der Waals surface area contributed by atoms with Gasteiger partial charge in [-0.15, -0.1) is 0 Å². The first-order chi connectivity index (χ1) is 12.5. The number of aliphatic hydroxyl groups is 1. The summed E-state index contributed by atoms with van der Waals surface area (Å²) in [5, 5.41) is 13.6. The van der Waals surface area contributed by atoms with Crippen molar-refractivity contribution in [1.29, 1.82) is 0 Å². The molecular weight excluding hydrogens is 351 g/mol. The quantitative estimate of drug-likeness (QED) is 0.569. The molecule has 1 aromatic heterocycles. The number of pyridine rings is 1. The molecule has 2 rings (SSSR count). The minimum Gasteiger partial charge on any atom is -0.481 e. The molecule has 26 heavy (non-hydrogen) atoms. The van der Waals surface area contributed by atoms with Gasteiger partial charge in [0.15, 0.2) is 0 Å². The van der Waals surface area contributed by atoms with Crippen LogP contribution in [0.15, 0.2) is 18.3 Å². The molecule has 0 saturated heterocycles. The van der Waals surface area contributed by atoms with Gasteiger partial charge in [-0.2, -0.15) is 0 Å². The van der Waals surface area contributed by atoms with Crippen molar-refractivity contribution in [2.75, 3.05) is 32.6 Å². The molecule has 1 heterocycles. The van der Waals surface area contributed by atoms with Gasteiger partial charge in [-0.1, -0.05) is 25.3 Å². The standard InChI is InChI=1S/C19H33N2O4P/c1-3-25-26(23,14-16-7-5-4-6-8-16)15-18(22)13-20-11-17-9-10-19(24-2)21-12-17/h9-10,12,16,18,20,22H,3-8,11,13-15H2,1-2H3/t18-,26?/m0/s1. The lowest BCUT2D eigenvalue weighted by Crippen LogP contribution is -2.30. The predicted octanol–water partition coefficient (Wildman–Crippen LogP) is 3.44. The molecule has 1 aliphatic carbocycles. The summed E-state index contributed by atoms with van der Waals surface area (Å²) in [5.74, 6) is 1.06. The number of hydrogen-bond acceptors (Lipinski definition) is 6. The zero-order valence-electron chi connectivity index (χ0n) is 16.0. The molecular formula is C19H33N2O4P. The third-order valence-corrected chi connectivity index (χ3v) is 7.61. The zero-order chi connectivity index (χ0) is 18.8. The van der Waals surface area contributed by atoms with Gasteiger partial charge in [-0.05, 0) is 31.2 Å². The van der Waals surface area contributed by atoms with Crippen molar-refractivity contribution in [2.24, 2.45) is 5.92 Å². The number of nitrogens with one attached hydrogen (secondary N) is 1. The molecule has 1 saturated carbocycles. The van der Waals surface area contributed by atoms with Gasteiger partial charge in [-0.3, -0.25) is 4.57 Å². The first-order valence-electron chi connectivity index (χ1n) is 9.65. The first kappa shape index (κ1) is 21.4. The number of aromatic nitrogens is 1. The normalized spacial score (nSPS) is 19.0. The highest BCUT2D eigenvalue weighted by Crippen LogP contribution is 2.50. The summed E-state index contributed by atoms with van der Waals surface area (Å²) < 4.78 is 23.8. The summed E-state index contributed by atoms with van der Waals surface area (Å²) in [6.45, 7) is 3.28. The first-order valence-corrected chi connectivity index (χ1v) is 11.6. The van der Waals surface area contributed by atoms with Gasteiger partial charge in [0.2, 0.25) is 13.2 Å². The van der Waals surface area contributed by atoms with Gasteiger partial charge in [0, 0.05) is 31.5 Å². The van der Waals surface area contributed by atoms with Crippen LogP contribution >= 0.6 is 7.37 Å². The van der Waals surface area contributed by atoms with Crippen molar-refractivity contribution >= 4 is 7.37 Å². The Bertz CT molecular complexity index is 561. The van der Waals surface area contributed by atoms with Gasteiger partial charge in [0.1, 0.15) is 0 Å². The Balaban J connectivity index is 1.78. The lowest BCUT2D eigenvalue weighted by molar-refractivity contribution is 0.186. The van der Waals surface area contributed by atoms with Gasteiger partial charge in [0.05, 0.1) is 26.0 Å². The fourth-order valence-electron chi connectivity index (χ4n) is 3.58. The van der Waals surface area contributed by atoms with E-state index >= 15 is 0 Å². The van der Waals surface area contributed by atoms with Gasteiger partial charge < -0.3 is 19.7 Å². The van der Waals surface area contributed by atoms with Crippen LogP contribution in [0.25, 0.3) is 0 Å². The van der Waals surface area contributed by atoms with Crippen LogP contribution in [0.5, 0.6) is 5.88 Å². The molecule has 1 aliphatic rings. The van der Waals surface area contributed by atoms with Crippen LogP contribution in [-0.4, -0.2) is 48.8 Å². The van der Waals surface area contributed by atoms with Crippen LogP contribution in [0.1, 0.15) is 44.6 Å². The van der Waals surface area contributed by atoms with Crippen molar-refractivity contribution < 1.29 is 18.9 Å². The average Bonchev–Trinajstić information content (AvgIpc) is 2.63. The molecule has 0 aliphatic heterocycles. The second kappa shape index (κ2) is 11.0. The fraction of sp³-hybridized carbons (Fsp3) is 0.737. The number of nitrogens with zero attached hydrogens (tertiary/aromatic N) is 1. The summed E-state index contributed by atoms with van der Waals surface area (Å²) in [7, 11) is -1.20. The smallest absolute Gasteiger partial charge is 0.212 e. The van der Waals surface area contributed by atoms with Crippen molar-refractivity contribution in [3.63, 3.8) is 0 Å². The Morgan fingerprint density at radius 2 is 2.12 bits per heavy atom. The molecule has 7 heteroatoms. The summed E-state index contributed by atoms with van der Waals surface area (Å²) >= 11 is 0. The van der Waals surface area contributed by atoms with E-state index in [1.54, 1.807) is 19.4 Å². The third kappa shape index (κ3) is 7.36. The van der Waals surface area contributed by atoms with E-state index in [9.17, 15) is 9.67 Å². The fourth-order valence-corrected chi connectivity index (χ4v) is 6.34. The second-order valence-corrected chi connectivity index (χ2v) is 9.71. The lowest BCUT2D eigenvalue weighted by Gasteiger charge is -2.28. The minimum atomic E-state index is -2.79. The average molecular weight is 384 g/mol. The van der Waals surface area contributed by atoms with Gasteiger partial charge in [0.25, 0.3) is 0 Å². The highest BCUT2D eigenvalue weighted by molar-refractivity contribution is 7.59. The number of aliphatic hydroxyl groups excluding tert-OH is 1. The number of hydrogen-bond donors (Lipinski definition) is 2. The monoisotopic (exact) mass is 384 g/mol. The summed E-state index contributed by atoms with van der Waals surface area (Å²) in [6, 6.07) is 3.74. The van der Waals surface area contributed by atoms with E-state index in [1.807, 2.05) is 13.0 Å². The lowest BCUT2D eigenvalue weighted by atomic mass is 9.91. The maximum Gasteiger partial charge on any atom is 0.212 e. The molecule has 2 N–H and O–H groups in total. The summed E-state index contributed by atoms with van der Waals surface area (Å²) in [5.41, 5.74) is 1.01. The molecule has 0 radical (unpaired) electrons. The number of methoxy groups -OCH3 is 1. The molecule has 0 spiro atoms. The van der Waals surface area contributed by atoms with Crippen molar-refractivity contribution in [2.45, 2.75) is 51.7 Å². The molecule has 1 fully saturated rings. The minimum absolute atomic E-state index is 0.227. The van der Waals surface area contributed by atoms with Crippen molar-refractivity contribution in [3.05, 3.63) is 23.9 Å². The van der Waals surface area contributed by atoms with E-state index in [-0.39, 0.29) is 6.16 Å². The molecule has 1 aromatic rings. The summed E-state index contributed by atoms with van der Waals surface area (Å²) in [4.78, 5) is 4.15. The van der Waals surface area contributed by atoms with Crippen LogP contribution in [0.2, 0.25) is 0 Å². The van der Waals surface area contributed by atoms with Gasteiger partial charge >= 0.3 is 0 Å². The van der Waals surface area contributed by atoms with Crippen molar-refractivity contribution in [1.82, 2.24) is 10.3 Å². The Hall–Kier alpha value is -0.940. The topological polar surface area (TPSA) is 80.7 Å². The number of ether oxygens (including phenoxy) is 1. The van der Waals surface area contributed by atoms with E-state index in [0.29, 0.717) is 37.7 Å². The van der Waals surface area contributed by atoms with E-state index in [4.69, 9.17) is 9.26 Å². The van der Waals surface area contributed by atoms with Gasteiger partial charge in [-0.25, -0.2) is 4.98 Å². The highest BCUT2D eigenvalue weighted by atomic mass is 31.2. The zero-order valence-corrected chi connectivity index (χ0v) is 16.9.